The van der Waals surface area contributed by atoms with Gasteiger partial charge in [-0.1, -0.05) is 0 Å². The fourth-order valence-corrected chi connectivity index (χ4v) is 1.82. The number of ether oxygens (including phenoxy) is 1. The van der Waals surface area contributed by atoms with Crippen LogP contribution >= 0.6 is 0 Å². The van der Waals surface area contributed by atoms with Gasteiger partial charge in [0.05, 0.1) is 16.9 Å². The first-order valence-corrected chi connectivity index (χ1v) is 6.23. The smallest absolute Gasteiger partial charge is 0.344 e. The molecule has 0 spiro atoms. The molecule has 0 heterocycles. The molecule has 0 aliphatic rings. The summed E-state index contributed by atoms with van der Waals surface area (Å²) in [5, 5.41) is 10.7. The van der Waals surface area contributed by atoms with Gasteiger partial charge in [-0.05, 0) is 12.1 Å². The molecule has 0 aromatic heterocycles. The van der Waals surface area contributed by atoms with Crippen molar-refractivity contribution in [2.45, 2.75) is 4.90 Å². The quantitative estimate of drug-likeness (QED) is 0.451. The molecule has 0 aliphatic carbocycles. The molecular formula is C9H9NO6S. The zero-order chi connectivity index (χ0) is 13.2. The molecule has 0 bridgehead atoms. The van der Waals surface area contributed by atoms with Gasteiger partial charge < -0.3 is 4.74 Å². The van der Waals surface area contributed by atoms with Crippen LogP contribution in [0, 0.1) is 10.1 Å². The lowest BCUT2D eigenvalue weighted by Gasteiger charge is -2.03. The Labute approximate surface area is 97.1 Å². The zero-order valence-corrected chi connectivity index (χ0v) is 9.85. The van der Waals surface area contributed by atoms with E-state index in [0.717, 1.165) is 31.6 Å². The van der Waals surface area contributed by atoms with E-state index in [1.807, 2.05) is 0 Å². The van der Waals surface area contributed by atoms with E-state index in [2.05, 4.69) is 4.74 Å². The second kappa shape index (κ2) is 4.50. The van der Waals surface area contributed by atoms with Crippen molar-refractivity contribution in [2.75, 3.05) is 13.4 Å². The fraction of sp³-hybridized carbons (Fsp3) is 0.222. The molecule has 0 N–H and O–H groups in total. The van der Waals surface area contributed by atoms with E-state index in [9.17, 15) is 23.3 Å². The molecule has 8 heteroatoms. The van der Waals surface area contributed by atoms with Crippen LogP contribution in [0.5, 0.6) is 0 Å². The summed E-state index contributed by atoms with van der Waals surface area (Å²) >= 11 is 0. The van der Waals surface area contributed by atoms with Crippen LogP contribution < -0.4 is 0 Å². The third-order valence-electron chi connectivity index (χ3n) is 2.00. The number of nitrogens with zero attached hydrogens (tertiary/aromatic N) is 1. The Bertz CT molecular complexity index is 577. The second-order valence-corrected chi connectivity index (χ2v) is 5.22. The lowest BCUT2D eigenvalue weighted by molar-refractivity contribution is -0.385. The summed E-state index contributed by atoms with van der Waals surface area (Å²) < 4.78 is 26.8. The fourth-order valence-electron chi connectivity index (χ4n) is 1.18. The zero-order valence-electron chi connectivity index (χ0n) is 9.04. The van der Waals surface area contributed by atoms with Crippen LogP contribution in [0.4, 0.5) is 5.69 Å². The summed E-state index contributed by atoms with van der Waals surface area (Å²) in [6.45, 7) is 0. The average molecular weight is 259 g/mol. The normalized spacial score (nSPS) is 10.9. The maximum absolute atomic E-state index is 11.2. The monoisotopic (exact) mass is 259 g/mol. The van der Waals surface area contributed by atoms with E-state index >= 15 is 0 Å². The van der Waals surface area contributed by atoms with E-state index in [1.165, 1.54) is 0 Å². The summed E-state index contributed by atoms with van der Waals surface area (Å²) in [4.78, 5) is 20.9. The third-order valence-corrected chi connectivity index (χ3v) is 3.11. The van der Waals surface area contributed by atoms with Gasteiger partial charge in [-0.25, -0.2) is 13.2 Å². The topological polar surface area (TPSA) is 104 Å². The number of sulfone groups is 1. The van der Waals surface area contributed by atoms with Gasteiger partial charge in [-0.2, -0.15) is 0 Å². The van der Waals surface area contributed by atoms with E-state index < -0.39 is 26.4 Å². The molecule has 92 valence electrons. The molecule has 1 aromatic rings. The molecule has 0 amide bonds. The van der Waals surface area contributed by atoms with Gasteiger partial charge in [0.2, 0.25) is 0 Å². The van der Waals surface area contributed by atoms with Crippen molar-refractivity contribution in [1.29, 1.82) is 0 Å². The molecule has 1 rings (SSSR count). The van der Waals surface area contributed by atoms with Crippen LogP contribution in [-0.4, -0.2) is 32.7 Å². The number of nitro groups is 1. The average Bonchev–Trinajstić information content (AvgIpc) is 2.25. The Kier molecular flexibility index (Phi) is 3.47. The standard InChI is InChI=1S/C9H9NO6S/c1-16-9(11)7-4-3-6(17(2,14)15)5-8(7)10(12)13/h3-5H,1-2H3. The molecular weight excluding hydrogens is 250 g/mol. The third kappa shape index (κ3) is 2.78. The molecule has 0 saturated heterocycles. The van der Waals surface area contributed by atoms with Crippen LogP contribution in [0.2, 0.25) is 0 Å². The Balaban J connectivity index is 3.48. The van der Waals surface area contributed by atoms with Crippen LogP contribution in [-0.2, 0) is 14.6 Å². The van der Waals surface area contributed by atoms with Gasteiger partial charge >= 0.3 is 5.97 Å². The van der Waals surface area contributed by atoms with Gasteiger partial charge in [0.1, 0.15) is 5.56 Å². The lowest BCUT2D eigenvalue weighted by Crippen LogP contribution is -2.07. The van der Waals surface area contributed by atoms with Gasteiger partial charge in [-0.3, -0.25) is 10.1 Å². The number of benzene rings is 1. The second-order valence-electron chi connectivity index (χ2n) is 3.20. The highest BCUT2D eigenvalue weighted by atomic mass is 32.2. The molecule has 0 fully saturated rings. The maximum Gasteiger partial charge on any atom is 0.344 e. The van der Waals surface area contributed by atoms with Crippen LogP contribution in [0.15, 0.2) is 23.1 Å². The highest BCUT2D eigenvalue weighted by molar-refractivity contribution is 7.90. The number of carbonyl (C=O) groups excluding carboxylic acids is 1. The predicted molar refractivity (Wildman–Crippen MR) is 57.5 cm³/mol. The highest BCUT2D eigenvalue weighted by Gasteiger charge is 2.23. The summed E-state index contributed by atoms with van der Waals surface area (Å²) in [5.41, 5.74) is -0.885. The maximum atomic E-state index is 11.2. The first-order valence-electron chi connectivity index (χ1n) is 4.34. The minimum atomic E-state index is -3.56. The van der Waals surface area contributed by atoms with Crippen molar-refractivity contribution in [1.82, 2.24) is 0 Å². The van der Waals surface area contributed by atoms with Crippen LogP contribution in [0.1, 0.15) is 10.4 Å². The van der Waals surface area contributed by atoms with Crippen molar-refractivity contribution in [3.63, 3.8) is 0 Å². The molecule has 17 heavy (non-hydrogen) atoms. The summed E-state index contributed by atoms with van der Waals surface area (Å²) in [6.07, 6.45) is 0.921. The van der Waals surface area contributed by atoms with Crippen molar-refractivity contribution < 1.29 is 22.9 Å². The van der Waals surface area contributed by atoms with E-state index in [4.69, 9.17) is 0 Å². The molecule has 0 saturated carbocycles. The molecule has 0 atom stereocenters. The van der Waals surface area contributed by atoms with Crippen LogP contribution in [0.3, 0.4) is 0 Å². The molecule has 7 nitrogen and oxygen atoms in total. The molecule has 0 unspecified atom stereocenters. The first-order chi connectivity index (χ1) is 7.77. The Morgan fingerprint density at radius 1 is 1.41 bits per heavy atom. The van der Waals surface area contributed by atoms with E-state index in [-0.39, 0.29) is 10.5 Å². The number of methoxy groups -OCH3 is 1. The Hall–Kier alpha value is -1.96. The summed E-state index contributed by atoms with van der Waals surface area (Å²) in [6, 6.07) is 3.01. The SMILES string of the molecule is COC(=O)c1ccc(S(C)(=O)=O)cc1[N+](=O)[O-]. The Morgan fingerprint density at radius 2 is 2.00 bits per heavy atom. The summed E-state index contributed by atoms with van der Waals surface area (Å²) in [5.74, 6) is -0.892. The van der Waals surface area contributed by atoms with Crippen molar-refractivity contribution in [2.24, 2.45) is 0 Å². The Morgan fingerprint density at radius 3 is 2.41 bits per heavy atom. The highest BCUT2D eigenvalue weighted by Crippen LogP contribution is 2.23. The number of hydrogen-bond acceptors (Lipinski definition) is 6. The minimum Gasteiger partial charge on any atom is -0.465 e. The number of rotatable bonds is 3. The van der Waals surface area contributed by atoms with Gasteiger partial charge in [0, 0.05) is 12.3 Å². The predicted octanol–water partition coefficient (Wildman–Crippen LogP) is 0.785. The van der Waals surface area contributed by atoms with Crippen molar-refractivity contribution in [3.8, 4) is 0 Å². The summed E-state index contributed by atoms with van der Waals surface area (Å²) in [7, 11) is -2.48. The largest absolute Gasteiger partial charge is 0.465 e. The first kappa shape index (κ1) is 13.1. The molecule has 0 aliphatic heterocycles. The molecule has 0 radical (unpaired) electrons. The lowest BCUT2D eigenvalue weighted by atomic mass is 10.2. The van der Waals surface area contributed by atoms with Gasteiger partial charge in [0.15, 0.2) is 9.84 Å². The van der Waals surface area contributed by atoms with E-state index in [1.54, 1.807) is 0 Å². The number of nitro benzene ring substituents is 1. The van der Waals surface area contributed by atoms with Crippen molar-refractivity contribution >= 4 is 21.5 Å². The van der Waals surface area contributed by atoms with Gasteiger partial charge in [-0.15, -0.1) is 0 Å². The number of hydrogen-bond donors (Lipinski definition) is 0. The van der Waals surface area contributed by atoms with Crippen molar-refractivity contribution in [3.05, 3.63) is 33.9 Å². The number of esters is 1. The van der Waals surface area contributed by atoms with Gasteiger partial charge in [0.25, 0.3) is 5.69 Å². The number of carbonyl (C=O) groups is 1. The minimum absolute atomic E-state index is 0.225. The molecule has 1 aromatic carbocycles. The van der Waals surface area contributed by atoms with Crippen LogP contribution in [0.25, 0.3) is 0 Å². The van der Waals surface area contributed by atoms with E-state index in [0.29, 0.717) is 0 Å².